The van der Waals surface area contributed by atoms with E-state index in [4.69, 9.17) is 0 Å². The number of H-pyrrole nitrogens is 1. The van der Waals surface area contributed by atoms with Gasteiger partial charge in [0, 0.05) is 12.2 Å². The van der Waals surface area contributed by atoms with Crippen molar-refractivity contribution in [3.63, 3.8) is 0 Å². The van der Waals surface area contributed by atoms with Gasteiger partial charge in [0.1, 0.15) is 0 Å². The lowest BCUT2D eigenvalue weighted by Crippen LogP contribution is -2.41. The van der Waals surface area contributed by atoms with Gasteiger partial charge in [0.2, 0.25) is 0 Å². The zero-order valence-electron chi connectivity index (χ0n) is 9.58. The lowest BCUT2D eigenvalue weighted by Gasteiger charge is -2.39. The van der Waals surface area contributed by atoms with E-state index in [1.165, 1.54) is 49.3 Å². The molecule has 15 heavy (non-hydrogen) atoms. The summed E-state index contributed by atoms with van der Waals surface area (Å²) in [7, 11) is 2.24. The number of fused-ring (bicyclic) bond motifs is 2. The fourth-order valence-electron chi connectivity index (χ4n) is 3.22. The SMILES string of the molecule is Cc1[nH]nc2c1C[C@@H]1CN(C)CC[C@H]1C2. The predicted octanol–water partition coefficient (Wildman–Crippen LogP) is 1.38. The number of nitrogens with zero attached hydrogens (tertiary/aromatic N) is 2. The van der Waals surface area contributed by atoms with E-state index < -0.39 is 0 Å². The minimum absolute atomic E-state index is 0.868. The average molecular weight is 205 g/mol. The summed E-state index contributed by atoms with van der Waals surface area (Å²) in [6.07, 6.45) is 3.80. The van der Waals surface area contributed by atoms with E-state index in [0.29, 0.717) is 0 Å². The van der Waals surface area contributed by atoms with Gasteiger partial charge in [0.05, 0.1) is 5.69 Å². The number of hydrogen-bond donors (Lipinski definition) is 1. The van der Waals surface area contributed by atoms with Crippen molar-refractivity contribution in [3.05, 3.63) is 17.0 Å². The maximum absolute atomic E-state index is 4.43. The summed E-state index contributed by atoms with van der Waals surface area (Å²) in [5.41, 5.74) is 4.14. The second-order valence-electron chi connectivity index (χ2n) is 5.25. The van der Waals surface area contributed by atoms with Crippen LogP contribution in [0.2, 0.25) is 0 Å². The number of aromatic nitrogens is 2. The molecular formula is C12H19N3. The molecule has 2 aliphatic rings. The van der Waals surface area contributed by atoms with Crippen molar-refractivity contribution in [2.75, 3.05) is 20.1 Å². The highest BCUT2D eigenvalue weighted by Crippen LogP contribution is 2.35. The quantitative estimate of drug-likeness (QED) is 0.694. The van der Waals surface area contributed by atoms with Crippen LogP contribution in [0.3, 0.4) is 0 Å². The summed E-state index contributed by atoms with van der Waals surface area (Å²) in [5.74, 6) is 1.75. The van der Waals surface area contributed by atoms with Crippen LogP contribution in [0.25, 0.3) is 0 Å². The molecule has 3 heteroatoms. The molecule has 2 atom stereocenters. The van der Waals surface area contributed by atoms with Crippen LogP contribution in [-0.2, 0) is 12.8 Å². The Kier molecular flexibility index (Phi) is 2.09. The molecular weight excluding hydrogens is 186 g/mol. The first-order chi connectivity index (χ1) is 7.24. The Balaban J connectivity index is 1.88. The monoisotopic (exact) mass is 205 g/mol. The van der Waals surface area contributed by atoms with E-state index in [2.05, 4.69) is 29.1 Å². The molecule has 0 amide bonds. The second kappa shape index (κ2) is 3.34. The fraction of sp³-hybridized carbons (Fsp3) is 0.750. The van der Waals surface area contributed by atoms with Crippen LogP contribution in [0.1, 0.15) is 23.4 Å². The Labute approximate surface area is 90.9 Å². The Bertz CT molecular complexity index is 369. The molecule has 1 N–H and O–H groups in total. The maximum Gasteiger partial charge on any atom is 0.0659 e. The normalized spacial score (nSPS) is 31.1. The minimum atomic E-state index is 0.868. The summed E-state index contributed by atoms with van der Waals surface area (Å²) in [6, 6.07) is 0. The second-order valence-corrected chi connectivity index (χ2v) is 5.25. The molecule has 3 rings (SSSR count). The highest BCUT2D eigenvalue weighted by molar-refractivity contribution is 5.28. The molecule has 82 valence electrons. The zero-order valence-corrected chi connectivity index (χ0v) is 9.58. The van der Waals surface area contributed by atoms with Gasteiger partial charge >= 0.3 is 0 Å². The van der Waals surface area contributed by atoms with Crippen molar-refractivity contribution >= 4 is 0 Å². The number of piperidine rings is 1. The van der Waals surface area contributed by atoms with Crippen LogP contribution in [0.4, 0.5) is 0 Å². The summed E-state index contributed by atoms with van der Waals surface area (Å²) in [4.78, 5) is 2.47. The van der Waals surface area contributed by atoms with Gasteiger partial charge < -0.3 is 4.90 Å². The Morgan fingerprint density at radius 1 is 1.33 bits per heavy atom. The highest BCUT2D eigenvalue weighted by Gasteiger charge is 2.34. The summed E-state index contributed by atoms with van der Waals surface area (Å²) < 4.78 is 0. The number of likely N-dealkylation sites (tertiary alicyclic amines) is 1. The van der Waals surface area contributed by atoms with Gasteiger partial charge in [-0.2, -0.15) is 5.10 Å². The summed E-state index contributed by atoms with van der Waals surface area (Å²) in [6.45, 7) is 4.69. The molecule has 0 saturated carbocycles. The third-order valence-corrected chi connectivity index (χ3v) is 4.18. The minimum Gasteiger partial charge on any atom is -0.306 e. The number of aromatic amines is 1. The van der Waals surface area contributed by atoms with Gasteiger partial charge in [-0.25, -0.2) is 0 Å². The van der Waals surface area contributed by atoms with Crippen LogP contribution in [0.5, 0.6) is 0 Å². The molecule has 0 radical (unpaired) electrons. The van der Waals surface area contributed by atoms with Crippen molar-refractivity contribution < 1.29 is 0 Å². The van der Waals surface area contributed by atoms with E-state index in [1.54, 1.807) is 0 Å². The standard InChI is InChI=1S/C12H19N3/c1-8-11-5-10-7-15(2)4-3-9(10)6-12(11)14-13-8/h9-10H,3-7H2,1-2H3,(H,13,14)/t9-,10+/m0/s1. The summed E-state index contributed by atoms with van der Waals surface area (Å²) >= 11 is 0. The zero-order chi connectivity index (χ0) is 10.4. The molecule has 1 fully saturated rings. The molecule has 0 bridgehead atoms. The Morgan fingerprint density at radius 2 is 2.20 bits per heavy atom. The smallest absolute Gasteiger partial charge is 0.0659 e. The molecule has 0 aromatic carbocycles. The van der Waals surface area contributed by atoms with Gasteiger partial charge in [-0.3, -0.25) is 5.10 Å². The van der Waals surface area contributed by atoms with E-state index in [1.807, 2.05) is 0 Å². The van der Waals surface area contributed by atoms with Crippen molar-refractivity contribution in [3.8, 4) is 0 Å². The highest BCUT2D eigenvalue weighted by atomic mass is 15.1. The lowest BCUT2D eigenvalue weighted by atomic mass is 9.74. The molecule has 1 aliphatic carbocycles. The van der Waals surface area contributed by atoms with E-state index in [-0.39, 0.29) is 0 Å². The first kappa shape index (κ1) is 9.40. The Morgan fingerprint density at radius 3 is 3.07 bits per heavy atom. The number of hydrogen-bond acceptors (Lipinski definition) is 2. The third-order valence-electron chi connectivity index (χ3n) is 4.18. The molecule has 1 aromatic rings. The van der Waals surface area contributed by atoms with Crippen molar-refractivity contribution in [2.45, 2.75) is 26.2 Å². The summed E-state index contributed by atoms with van der Waals surface area (Å²) in [5, 5.41) is 7.56. The maximum atomic E-state index is 4.43. The van der Waals surface area contributed by atoms with Gasteiger partial charge in [-0.15, -0.1) is 0 Å². The first-order valence-electron chi connectivity index (χ1n) is 5.95. The number of nitrogens with one attached hydrogen (secondary N) is 1. The van der Waals surface area contributed by atoms with Crippen LogP contribution >= 0.6 is 0 Å². The van der Waals surface area contributed by atoms with E-state index >= 15 is 0 Å². The van der Waals surface area contributed by atoms with E-state index in [9.17, 15) is 0 Å². The van der Waals surface area contributed by atoms with Gasteiger partial charge in [0.25, 0.3) is 0 Å². The van der Waals surface area contributed by atoms with Gasteiger partial charge in [0.15, 0.2) is 0 Å². The molecule has 2 heterocycles. The molecule has 0 unspecified atom stereocenters. The van der Waals surface area contributed by atoms with Crippen molar-refractivity contribution in [1.82, 2.24) is 15.1 Å². The number of aryl methyl sites for hydroxylation is 1. The van der Waals surface area contributed by atoms with Crippen LogP contribution < -0.4 is 0 Å². The molecule has 1 saturated heterocycles. The van der Waals surface area contributed by atoms with Gasteiger partial charge in [-0.05, 0) is 57.2 Å². The molecule has 1 aliphatic heterocycles. The van der Waals surface area contributed by atoms with Crippen LogP contribution in [0.15, 0.2) is 0 Å². The topological polar surface area (TPSA) is 31.9 Å². The van der Waals surface area contributed by atoms with Crippen molar-refractivity contribution in [1.29, 1.82) is 0 Å². The molecule has 1 aromatic heterocycles. The van der Waals surface area contributed by atoms with Crippen LogP contribution in [-0.4, -0.2) is 35.2 Å². The Hall–Kier alpha value is -0.830. The average Bonchev–Trinajstić information content (AvgIpc) is 2.57. The van der Waals surface area contributed by atoms with E-state index in [0.717, 1.165) is 11.8 Å². The molecule has 0 spiro atoms. The predicted molar refractivity (Wildman–Crippen MR) is 59.8 cm³/mol. The van der Waals surface area contributed by atoms with Crippen LogP contribution in [0, 0.1) is 18.8 Å². The lowest BCUT2D eigenvalue weighted by molar-refractivity contribution is 0.133. The first-order valence-corrected chi connectivity index (χ1v) is 5.95. The van der Waals surface area contributed by atoms with Gasteiger partial charge in [-0.1, -0.05) is 0 Å². The third kappa shape index (κ3) is 1.49. The largest absolute Gasteiger partial charge is 0.306 e. The van der Waals surface area contributed by atoms with Crippen molar-refractivity contribution in [2.24, 2.45) is 11.8 Å². The molecule has 3 nitrogen and oxygen atoms in total. The fourth-order valence-corrected chi connectivity index (χ4v) is 3.22. The number of rotatable bonds is 0.